The van der Waals surface area contributed by atoms with Gasteiger partial charge in [0.15, 0.2) is 0 Å². The molecule has 3 rings (SSSR count). The summed E-state index contributed by atoms with van der Waals surface area (Å²) in [7, 11) is 0. The summed E-state index contributed by atoms with van der Waals surface area (Å²) in [5.74, 6) is 0.440. The van der Waals surface area contributed by atoms with Crippen molar-refractivity contribution in [1.82, 2.24) is 10.2 Å². The number of likely N-dealkylation sites (tertiary alicyclic amines) is 1. The van der Waals surface area contributed by atoms with Crippen LogP contribution in [-0.2, 0) is 6.54 Å². The summed E-state index contributed by atoms with van der Waals surface area (Å²) in [4.78, 5) is 2.38. The van der Waals surface area contributed by atoms with Gasteiger partial charge in [0.05, 0.1) is 5.02 Å². The number of fused-ring (bicyclic) bond motifs is 1. The Morgan fingerprint density at radius 2 is 2.28 bits per heavy atom. The lowest BCUT2D eigenvalue weighted by Crippen LogP contribution is -2.40. The SMILES string of the molecule is Fc1cccc(CN2CC3CCCNC3C2)c1Cl. The maximum absolute atomic E-state index is 13.4. The van der Waals surface area contributed by atoms with Crippen LogP contribution in [0.25, 0.3) is 0 Å². The van der Waals surface area contributed by atoms with Crippen molar-refractivity contribution in [3.05, 3.63) is 34.6 Å². The molecule has 2 atom stereocenters. The number of rotatable bonds is 2. The van der Waals surface area contributed by atoms with Crippen LogP contribution >= 0.6 is 11.6 Å². The summed E-state index contributed by atoms with van der Waals surface area (Å²) in [5.41, 5.74) is 0.898. The van der Waals surface area contributed by atoms with Gasteiger partial charge in [-0.15, -0.1) is 0 Å². The van der Waals surface area contributed by atoms with Crippen LogP contribution in [0.2, 0.25) is 5.02 Å². The van der Waals surface area contributed by atoms with Crippen LogP contribution in [0.15, 0.2) is 18.2 Å². The summed E-state index contributed by atoms with van der Waals surface area (Å²) in [5, 5.41) is 3.85. The van der Waals surface area contributed by atoms with Gasteiger partial charge in [0.1, 0.15) is 5.82 Å². The van der Waals surface area contributed by atoms with E-state index in [0.717, 1.165) is 37.7 Å². The second kappa shape index (κ2) is 5.16. The monoisotopic (exact) mass is 268 g/mol. The van der Waals surface area contributed by atoms with Gasteiger partial charge in [-0.25, -0.2) is 4.39 Å². The van der Waals surface area contributed by atoms with Crippen LogP contribution in [0, 0.1) is 11.7 Å². The summed E-state index contributed by atoms with van der Waals surface area (Å²) < 4.78 is 13.4. The maximum Gasteiger partial charge on any atom is 0.142 e. The Kier molecular flexibility index (Phi) is 3.55. The smallest absolute Gasteiger partial charge is 0.142 e. The van der Waals surface area contributed by atoms with Gasteiger partial charge in [0, 0.05) is 25.7 Å². The van der Waals surface area contributed by atoms with Crippen LogP contribution in [0.4, 0.5) is 4.39 Å². The van der Waals surface area contributed by atoms with E-state index in [1.807, 2.05) is 6.07 Å². The quantitative estimate of drug-likeness (QED) is 0.887. The van der Waals surface area contributed by atoms with Crippen molar-refractivity contribution in [2.75, 3.05) is 19.6 Å². The molecule has 1 aromatic rings. The number of benzene rings is 1. The standard InChI is InChI=1S/C14H18ClFN2/c15-14-11(3-1-5-12(14)16)8-18-7-10-4-2-6-17-13(10)9-18/h1,3,5,10,13,17H,2,4,6-9H2. The first-order valence-corrected chi connectivity index (χ1v) is 7.00. The van der Waals surface area contributed by atoms with E-state index in [1.54, 1.807) is 6.07 Å². The van der Waals surface area contributed by atoms with E-state index in [9.17, 15) is 4.39 Å². The Hall–Kier alpha value is -0.640. The first-order chi connectivity index (χ1) is 8.74. The number of halogens is 2. The minimum absolute atomic E-state index is 0.278. The lowest BCUT2D eigenvalue weighted by Gasteiger charge is -2.24. The van der Waals surface area contributed by atoms with Gasteiger partial charge >= 0.3 is 0 Å². The molecule has 0 bridgehead atoms. The number of piperidine rings is 1. The van der Waals surface area contributed by atoms with Crippen molar-refractivity contribution in [2.45, 2.75) is 25.4 Å². The van der Waals surface area contributed by atoms with Gasteiger partial charge in [-0.3, -0.25) is 4.90 Å². The molecular formula is C14H18ClFN2. The van der Waals surface area contributed by atoms with E-state index in [4.69, 9.17) is 11.6 Å². The fourth-order valence-corrected chi connectivity index (χ4v) is 3.36. The molecule has 0 amide bonds. The zero-order valence-electron chi connectivity index (χ0n) is 10.3. The van der Waals surface area contributed by atoms with Gasteiger partial charge < -0.3 is 5.32 Å². The second-order valence-electron chi connectivity index (χ2n) is 5.37. The van der Waals surface area contributed by atoms with E-state index in [0.29, 0.717) is 6.04 Å². The summed E-state index contributed by atoms with van der Waals surface area (Å²) in [6.07, 6.45) is 2.58. The van der Waals surface area contributed by atoms with Crippen LogP contribution < -0.4 is 5.32 Å². The molecule has 4 heteroatoms. The normalized spacial score (nSPS) is 28.3. The fraction of sp³-hybridized carbons (Fsp3) is 0.571. The zero-order valence-corrected chi connectivity index (χ0v) is 11.1. The fourth-order valence-electron chi connectivity index (χ4n) is 3.18. The molecule has 2 unspecified atom stereocenters. The van der Waals surface area contributed by atoms with Gasteiger partial charge in [-0.1, -0.05) is 23.7 Å². The molecule has 2 saturated heterocycles. The number of hydrogen-bond donors (Lipinski definition) is 1. The summed E-state index contributed by atoms with van der Waals surface area (Å²) in [6, 6.07) is 5.68. The highest BCUT2D eigenvalue weighted by molar-refractivity contribution is 6.31. The van der Waals surface area contributed by atoms with Crippen molar-refractivity contribution in [1.29, 1.82) is 0 Å². The molecule has 2 heterocycles. The van der Waals surface area contributed by atoms with E-state index in [2.05, 4.69) is 10.2 Å². The molecule has 1 N–H and O–H groups in total. The number of nitrogens with one attached hydrogen (secondary N) is 1. The molecule has 0 spiro atoms. The van der Waals surface area contributed by atoms with E-state index < -0.39 is 0 Å². The molecule has 2 fully saturated rings. The number of hydrogen-bond acceptors (Lipinski definition) is 2. The second-order valence-corrected chi connectivity index (χ2v) is 5.75. The van der Waals surface area contributed by atoms with Crippen molar-refractivity contribution >= 4 is 11.6 Å². The Morgan fingerprint density at radius 1 is 1.39 bits per heavy atom. The molecule has 18 heavy (non-hydrogen) atoms. The van der Waals surface area contributed by atoms with E-state index in [1.165, 1.54) is 18.9 Å². The number of nitrogens with zero attached hydrogens (tertiary/aromatic N) is 1. The minimum atomic E-state index is -0.316. The van der Waals surface area contributed by atoms with Crippen LogP contribution in [0.3, 0.4) is 0 Å². The summed E-state index contributed by atoms with van der Waals surface area (Å²) >= 11 is 6.01. The molecule has 0 radical (unpaired) electrons. The first kappa shape index (κ1) is 12.4. The predicted molar refractivity (Wildman–Crippen MR) is 71.2 cm³/mol. The van der Waals surface area contributed by atoms with Crippen molar-refractivity contribution in [2.24, 2.45) is 5.92 Å². The largest absolute Gasteiger partial charge is 0.312 e. The predicted octanol–water partition coefficient (Wildman–Crippen LogP) is 2.66. The average Bonchev–Trinajstić information content (AvgIpc) is 2.77. The average molecular weight is 269 g/mol. The maximum atomic E-state index is 13.4. The molecule has 0 aliphatic carbocycles. The lowest BCUT2D eigenvalue weighted by atomic mass is 9.94. The third kappa shape index (κ3) is 2.40. The van der Waals surface area contributed by atoms with Gasteiger partial charge in [0.2, 0.25) is 0 Å². The molecule has 0 saturated carbocycles. The molecule has 98 valence electrons. The molecule has 1 aromatic carbocycles. The van der Waals surface area contributed by atoms with E-state index >= 15 is 0 Å². The lowest BCUT2D eigenvalue weighted by molar-refractivity contribution is 0.312. The zero-order chi connectivity index (χ0) is 12.5. The first-order valence-electron chi connectivity index (χ1n) is 6.62. The van der Waals surface area contributed by atoms with Gasteiger partial charge in [-0.05, 0) is 36.9 Å². The van der Waals surface area contributed by atoms with Crippen molar-refractivity contribution in [3.8, 4) is 0 Å². The van der Waals surface area contributed by atoms with Crippen LogP contribution in [0.1, 0.15) is 18.4 Å². The highest BCUT2D eigenvalue weighted by Crippen LogP contribution is 2.28. The Morgan fingerprint density at radius 3 is 3.11 bits per heavy atom. The summed E-state index contributed by atoms with van der Waals surface area (Å²) in [6.45, 7) is 4.04. The molecule has 2 aliphatic rings. The Bertz CT molecular complexity index is 424. The Balaban J connectivity index is 1.68. The highest BCUT2D eigenvalue weighted by atomic mass is 35.5. The Labute approximate surface area is 112 Å². The minimum Gasteiger partial charge on any atom is -0.312 e. The third-order valence-corrected chi connectivity index (χ3v) is 4.52. The topological polar surface area (TPSA) is 15.3 Å². The van der Waals surface area contributed by atoms with Gasteiger partial charge in [-0.2, -0.15) is 0 Å². The molecule has 2 nitrogen and oxygen atoms in total. The molecule has 0 aromatic heterocycles. The third-order valence-electron chi connectivity index (χ3n) is 4.10. The van der Waals surface area contributed by atoms with Gasteiger partial charge in [0.25, 0.3) is 0 Å². The van der Waals surface area contributed by atoms with Crippen LogP contribution in [0.5, 0.6) is 0 Å². The molecular weight excluding hydrogens is 251 g/mol. The van der Waals surface area contributed by atoms with Crippen molar-refractivity contribution < 1.29 is 4.39 Å². The van der Waals surface area contributed by atoms with E-state index in [-0.39, 0.29) is 10.8 Å². The van der Waals surface area contributed by atoms with Crippen molar-refractivity contribution in [3.63, 3.8) is 0 Å². The highest BCUT2D eigenvalue weighted by Gasteiger charge is 2.34. The molecule has 2 aliphatic heterocycles. The van der Waals surface area contributed by atoms with Crippen LogP contribution in [-0.4, -0.2) is 30.6 Å².